The first-order chi connectivity index (χ1) is 13.9. The Labute approximate surface area is 174 Å². The molecule has 2 fully saturated rings. The Hall–Kier alpha value is -1.64. The van der Waals surface area contributed by atoms with Gasteiger partial charge in [-0.1, -0.05) is 19.1 Å². The molecule has 1 amide bonds. The van der Waals surface area contributed by atoms with E-state index in [0.717, 1.165) is 30.6 Å². The molecule has 0 aromatic heterocycles. The van der Waals surface area contributed by atoms with Gasteiger partial charge in [0.2, 0.25) is 5.91 Å². The third-order valence-corrected chi connectivity index (χ3v) is 7.85. The first kappa shape index (κ1) is 22.1. The van der Waals surface area contributed by atoms with Crippen LogP contribution >= 0.6 is 0 Å². The summed E-state index contributed by atoms with van der Waals surface area (Å²) in [7, 11) is -3.48. The molecule has 7 nitrogen and oxygen atoms in total. The molecule has 1 aromatic carbocycles. The first-order valence-electron chi connectivity index (χ1n) is 10.6. The Bertz CT molecular complexity index is 774. The van der Waals surface area contributed by atoms with Gasteiger partial charge in [-0.25, -0.2) is 0 Å². The van der Waals surface area contributed by atoms with E-state index in [-0.39, 0.29) is 18.4 Å². The van der Waals surface area contributed by atoms with E-state index in [1.54, 1.807) is 4.31 Å². The van der Waals surface area contributed by atoms with Crippen LogP contribution in [0.5, 0.6) is 5.75 Å². The van der Waals surface area contributed by atoms with Crippen LogP contribution in [-0.4, -0.2) is 55.7 Å². The van der Waals surface area contributed by atoms with Crippen LogP contribution in [0.1, 0.15) is 45.1 Å². The molecule has 0 unspecified atom stereocenters. The molecule has 8 heteroatoms. The van der Waals surface area contributed by atoms with Crippen molar-refractivity contribution in [1.82, 2.24) is 13.9 Å². The van der Waals surface area contributed by atoms with Gasteiger partial charge in [-0.15, -0.1) is 0 Å². The Balaban J connectivity index is 1.53. The molecule has 3 rings (SSSR count). The van der Waals surface area contributed by atoms with Gasteiger partial charge in [0.15, 0.2) is 0 Å². The average Bonchev–Trinajstić information content (AvgIpc) is 2.73. The lowest BCUT2D eigenvalue weighted by molar-refractivity contribution is -0.126. The van der Waals surface area contributed by atoms with E-state index in [1.165, 1.54) is 4.31 Å². The number of nitrogens with zero attached hydrogens (tertiary/aromatic N) is 2. The Morgan fingerprint density at radius 2 is 1.79 bits per heavy atom. The molecule has 2 saturated heterocycles. The summed E-state index contributed by atoms with van der Waals surface area (Å²) in [5.41, 5.74) is 0.990. The fourth-order valence-corrected chi connectivity index (χ4v) is 5.68. The predicted molar refractivity (Wildman–Crippen MR) is 113 cm³/mol. The van der Waals surface area contributed by atoms with Gasteiger partial charge in [0.05, 0.1) is 12.5 Å². The van der Waals surface area contributed by atoms with Gasteiger partial charge < -0.3 is 10.1 Å². The molecule has 29 heavy (non-hydrogen) atoms. The van der Waals surface area contributed by atoms with Crippen molar-refractivity contribution in [3.63, 3.8) is 0 Å². The molecule has 0 radical (unpaired) electrons. The van der Waals surface area contributed by atoms with Crippen LogP contribution in [0.15, 0.2) is 24.3 Å². The summed E-state index contributed by atoms with van der Waals surface area (Å²) in [6.07, 6.45) is 3.24. The molecule has 0 bridgehead atoms. The quantitative estimate of drug-likeness (QED) is 0.730. The highest BCUT2D eigenvalue weighted by molar-refractivity contribution is 7.86. The zero-order chi connectivity index (χ0) is 20.9. The van der Waals surface area contributed by atoms with E-state index in [4.69, 9.17) is 4.74 Å². The van der Waals surface area contributed by atoms with Crippen LogP contribution < -0.4 is 10.1 Å². The predicted octanol–water partition coefficient (Wildman–Crippen LogP) is 2.39. The monoisotopic (exact) mass is 423 g/mol. The number of amides is 1. The molecule has 1 aromatic rings. The van der Waals surface area contributed by atoms with Gasteiger partial charge in [0, 0.05) is 32.7 Å². The van der Waals surface area contributed by atoms with E-state index in [0.29, 0.717) is 45.1 Å². The third-order valence-electron chi connectivity index (χ3n) is 5.85. The smallest absolute Gasteiger partial charge is 0.281 e. The zero-order valence-corrected chi connectivity index (χ0v) is 18.3. The lowest BCUT2D eigenvalue weighted by Gasteiger charge is -2.37. The van der Waals surface area contributed by atoms with Crippen molar-refractivity contribution in [2.45, 2.75) is 46.1 Å². The number of rotatable bonds is 7. The van der Waals surface area contributed by atoms with Crippen LogP contribution in [0.3, 0.4) is 0 Å². The largest absolute Gasteiger partial charge is 0.494 e. The first-order valence-corrected chi connectivity index (χ1v) is 12.0. The number of carbonyl (C=O) groups excluding carboxylic acids is 1. The van der Waals surface area contributed by atoms with Crippen molar-refractivity contribution in [3.8, 4) is 5.75 Å². The minimum Gasteiger partial charge on any atom is -0.494 e. The highest BCUT2D eigenvalue weighted by Crippen LogP contribution is 2.25. The lowest BCUT2D eigenvalue weighted by atomic mass is 9.99. The van der Waals surface area contributed by atoms with Crippen LogP contribution in [0, 0.1) is 11.8 Å². The molecule has 162 valence electrons. The van der Waals surface area contributed by atoms with E-state index in [1.807, 2.05) is 31.2 Å². The second-order valence-electron chi connectivity index (χ2n) is 8.08. The number of hydrogen-bond donors (Lipinski definition) is 1. The standard InChI is InChI=1S/C21H33N3O4S/c1-3-28-20-8-6-18(7-9-20)15-22-21(25)19-5-4-12-24(16-19)29(26,27)23-13-10-17(2)11-14-23/h6-9,17,19H,3-5,10-16H2,1-2H3,(H,22,25)/t19-/m1/s1. The maximum atomic E-state index is 13.0. The zero-order valence-electron chi connectivity index (χ0n) is 17.5. The molecular formula is C21H33N3O4S. The van der Waals surface area contributed by atoms with Crippen LogP contribution in [-0.2, 0) is 21.5 Å². The number of carbonyl (C=O) groups is 1. The number of ether oxygens (including phenoxy) is 1. The number of hydrogen-bond acceptors (Lipinski definition) is 4. The molecule has 0 spiro atoms. The van der Waals surface area contributed by atoms with Crippen molar-refractivity contribution in [3.05, 3.63) is 29.8 Å². The highest BCUT2D eigenvalue weighted by Gasteiger charge is 2.36. The highest BCUT2D eigenvalue weighted by atomic mass is 32.2. The van der Waals surface area contributed by atoms with Gasteiger partial charge >= 0.3 is 0 Å². The van der Waals surface area contributed by atoms with Crippen LogP contribution in [0.25, 0.3) is 0 Å². The molecule has 1 atom stereocenters. The van der Waals surface area contributed by atoms with Crippen molar-refractivity contribution in [2.75, 3.05) is 32.8 Å². The van der Waals surface area contributed by atoms with E-state index >= 15 is 0 Å². The molecule has 0 aliphatic carbocycles. The summed E-state index contributed by atoms with van der Waals surface area (Å²) in [5.74, 6) is 1.00. The summed E-state index contributed by atoms with van der Waals surface area (Å²) in [6.45, 7) is 7.07. The van der Waals surface area contributed by atoms with Gasteiger partial charge in [-0.3, -0.25) is 4.79 Å². The Morgan fingerprint density at radius 1 is 1.10 bits per heavy atom. The van der Waals surface area contributed by atoms with Crippen molar-refractivity contribution in [2.24, 2.45) is 11.8 Å². The number of benzene rings is 1. The molecule has 1 N–H and O–H groups in total. The van der Waals surface area contributed by atoms with E-state index in [2.05, 4.69) is 12.2 Å². The minimum atomic E-state index is -3.48. The molecule has 0 saturated carbocycles. The Morgan fingerprint density at radius 3 is 2.45 bits per heavy atom. The SMILES string of the molecule is CCOc1ccc(CNC(=O)[C@@H]2CCCN(S(=O)(=O)N3CCC(C)CC3)C2)cc1. The van der Waals surface area contributed by atoms with E-state index < -0.39 is 10.2 Å². The van der Waals surface area contributed by atoms with E-state index in [9.17, 15) is 13.2 Å². The van der Waals surface area contributed by atoms with Gasteiger partial charge in [-0.05, 0) is 56.2 Å². The number of nitrogens with one attached hydrogen (secondary N) is 1. The third kappa shape index (κ3) is 5.71. The molecule has 2 heterocycles. The summed E-state index contributed by atoms with van der Waals surface area (Å²) in [6, 6.07) is 7.64. The fraction of sp³-hybridized carbons (Fsp3) is 0.667. The Kier molecular flexibility index (Phi) is 7.54. The maximum absolute atomic E-state index is 13.0. The molecule has 2 aliphatic rings. The summed E-state index contributed by atoms with van der Waals surface area (Å²) in [5, 5.41) is 2.96. The molecular weight excluding hydrogens is 390 g/mol. The van der Waals surface area contributed by atoms with Crippen molar-refractivity contribution < 1.29 is 17.9 Å². The lowest BCUT2D eigenvalue weighted by Crippen LogP contribution is -2.52. The van der Waals surface area contributed by atoms with Crippen LogP contribution in [0.4, 0.5) is 0 Å². The summed E-state index contributed by atoms with van der Waals surface area (Å²) >= 11 is 0. The summed E-state index contributed by atoms with van der Waals surface area (Å²) < 4.78 is 34.5. The maximum Gasteiger partial charge on any atom is 0.281 e. The topological polar surface area (TPSA) is 79.0 Å². The average molecular weight is 424 g/mol. The summed E-state index contributed by atoms with van der Waals surface area (Å²) in [4.78, 5) is 12.7. The fourth-order valence-electron chi connectivity index (χ4n) is 3.95. The number of piperidine rings is 2. The van der Waals surface area contributed by atoms with Gasteiger partial charge in [0.1, 0.15) is 5.75 Å². The normalized spacial score (nSPS) is 22.3. The second-order valence-corrected chi connectivity index (χ2v) is 10.0. The van der Waals surface area contributed by atoms with Crippen LogP contribution in [0.2, 0.25) is 0 Å². The van der Waals surface area contributed by atoms with Gasteiger partial charge in [0.25, 0.3) is 10.2 Å². The van der Waals surface area contributed by atoms with Crippen molar-refractivity contribution in [1.29, 1.82) is 0 Å². The van der Waals surface area contributed by atoms with Crippen molar-refractivity contribution >= 4 is 16.1 Å². The molecule has 2 aliphatic heterocycles. The van der Waals surface area contributed by atoms with Gasteiger partial charge in [-0.2, -0.15) is 17.0 Å². The minimum absolute atomic E-state index is 0.0777. The second kappa shape index (κ2) is 9.91.